The Labute approximate surface area is 178 Å². The second kappa shape index (κ2) is 8.02. The van der Waals surface area contributed by atoms with E-state index in [-0.39, 0.29) is 17.2 Å². The van der Waals surface area contributed by atoms with Gasteiger partial charge in [0.15, 0.2) is 16.9 Å². The van der Waals surface area contributed by atoms with E-state index in [0.29, 0.717) is 33.8 Å². The molecular weight excluding hydrogens is 394 g/mol. The van der Waals surface area contributed by atoms with Crippen LogP contribution in [-0.2, 0) is 0 Å². The first-order valence-electron chi connectivity index (χ1n) is 9.81. The Morgan fingerprint density at radius 3 is 2.65 bits per heavy atom. The summed E-state index contributed by atoms with van der Waals surface area (Å²) in [5, 5.41) is 13.2. The van der Waals surface area contributed by atoms with Crippen LogP contribution in [0.5, 0.6) is 0 Å². The fourth-order valence-corrected chi connectivity index (χ4v) is 3.54. The number of rotatable bonds is 5. The van der Waals surface area contributed by atoms with Gasteiger partial charge < -0.3 is 14.8 Å². The SMILES string of the molecule is Cc1cc(C(C)Nc2ccc(C)nc2C(=O)O)c2oc(-c3ccccn3)cc(=O)c2c1. The maximum atomic E-state index is 12.8. The minimum Gasteiger partial charge on any atom is -0.476 e. The number of nitrogens with zero attached hydrogens (tertiary/aromatic N) is 2. The summed E-state index contributed by atoms with van der Waals surface area (Å²) < 4.78 is 6.14. The topological polar surface area (TPSA) is 105 Å². The van der Waals surface area contributed by atoms with Crippen LogP contribution in [0.15, 0.2) is 63.9 Å². The van der Waals surface area contributed by atoms with Crippen molar-refractivity contribution >= 4 is 22.6 Å². The molecule has 3 aromatic heterocycles. The highest BCUT2D eigenvalue weighted by atomic mass is 16.4. The summed E-state index contributed by atoms with van der Waals surface area (Å²) in [5.41, 5.74) is 3.42. The molecule has 1 unspecified atom stereocenters. The lowest BCUT2D eigenvalue weighted by Gasteiger charge is -2.19. The summed E-state index contributed by atoms with van der Waals surface area (Å²) in [6.07, 6.45) is 1.64. The Hall–Kier alpha value is -4.00. The molecule has 0 spiro atoms. The number of fused-ring (bicyclic) bond motifs is 1. The molecule has 31 heavy (non-hydrogen) atoms. The van der Waals surface area contributed by atoms with Gasteiger partial charge in [0.05, 0.1) is 17.1 Å². The van der Waals surface area contributed by atoms with Gasteiger partial charge in [0.1, 0.15) is 11.3 Å². The van der Waals surface area contributed by atoms with Crippen LogP contribution >= 0.6 is 0 Å². The van der Waals surface area contributed by atoms with Crippen molar-refractivity contribution < 1.29 is 14.3 Å². The van der Waals surface area contributed by atoms with Crippen LogP contribution in [0.1, 0.15) is 40.3 Å². The minimum atomic E-state index is -1.11. The molecular formula is C24H21N3O4. The number of aromatic carboxylic acids is 1. The number of anilines is 1. The van der Waals surface area contributed by atoms with E-state index in [1.807, 2.05) is 26.0 Å². The van der Waals surface area contributed by atoms with Gasteiger partial charge >= 0.3 is 5.97 Å². The minimum absolute atomic E-state index is 0.0561. The zero-order valence-electron chi connectivity index (χ0n) is 17.3. The first kappa shape index (κ1) is 20.3. The second-order valence-electron chi connectivity index (χ2n) is 7.44. The number of carboxylic acids is 1. The maximum absolute atomic E-state index is 12.8. The Balaban J connectivity index is 1.84. The van der Waals surface area contributed by atoms with Gasteiger partial charge in [-0.2, -0.15) is 0 Å². The standard InChI is InChI=1S/C24H21N3O4/c1-13-10-16(15(3)27-19-8-7-14(2)26-22(19)24(29)30)23-17(11-13)20(28)12-21(31-23)18-6-4-5-9-25-18/h4-12,15,27H,1-3H3,(H,29,30). The van der Waals surface area contributed by atoms with Crippen LogP contribution < -0.4 is 10.7 Å². The van der Waals surface area contributed by atoms with Gasteiger partial charge in [0, 0.05) is 23.5 Å². The summed E-state index contributed by atoms with van der Waals surface area (Å²) in [6, 6.07) is 13.6. The molecule has 2 N–H and O–H groups in total. The molecule has 0 amide bonds. The predicted octanol–water partition coefficient (Wildman–Crippen LogP) is 4.74. The molecule has 7 nitrogen and oxygen atoms in total. The molecule has 1 atom stereocenters. The fraction of sp³-hybridized carbons (Fsp3) is 0.167. The third-order valence-electron chi connectivity index (χ3n) is 4.99. The molecule has 4 rings (SSSR count). The number of aromatic nitrogens is 2. The molecule has 0 saturated heterocycles. The number of hydrogen-bond acceptors (Lipinski definition) is 6. The van der Waals surface area contributed by atoms with E-state index < -0.39 is 5.97 Å². The van der Waals surface area contributed by atoms with Gasteiger partial charge in [-0.25, -0.2) is 9.78 Å². The van der Waals surface area contributed by atoms with E-state index in [1.165, 1.54) is 6.07 Å². The lowest BCUT2D eigenvalue weighted by molar-refractivity contribution is 0.0691. The van der Waals surface area contributed by atoms with Crippen LogP contribution in [0.2, 0.25) is 0 Å². The molecule has 0 radical (unpaired) electrons. The van der Waals surface area contributed by atoms with Crippen LogP contribution in [0.3, 0.4) is 0 Å². The van der Waals surface area contributed by atoms with Gasteiger partial charge in [-0.15, -0.1) is 0 Å². The van der Waals surface area contributed by atoms with Crippen molar-refractivity contribution in [1.29, 1.82) is 0 Å². The van der Waals surface area contributed by atoms with Gasteiger partial charge in [-0.1, -0.05) is 12.1 Å². The Bertz CT molecular complexity index is 1350. The zero-order valence-corrected chi connectivity index (χ0v) is 17.3. The van der Waals surface area contributed by atoms with Crippen LogP contribution in [0.4, 0.5) is 5.69 Å². The van der Waals surface area contributed by atoms with Gasteiger partial charge in [-0.3, -0.25) is 9.78 Å². The molecule has 4 aromatic rings. The van der Waals surface area contributed by atoms with Crippen LogP contribution in [-0.4, -0.2) is 21.0 Å². The molecule has 156 valence electrons. The van der Waals surface area contributed by atoms with Crippen molar-refractivity contribution in [3.05, 3.63) is 87.5 Å². The summed E-state index contributed by atoms with van der Waals surface area (Å²) in [7, 11) is 0. The monoisotopic (exact) mass is 415 g/mol. The lowest BCUT2D eigenvalue weighted by Crippen LogP contribution is -2.14. The average molecular weight is 415 g/mol. The molecule has 0 aliphatic carbocycles. The van der Waals surface area contributed by atoms with E-state index >= 15 is 0 Å². The zero-order chi connectivity index (χ0) is 22.1. The largest absolute Gasteiger partial charge is 0.476 e. The Morgan fingerprint density at radius 2 is 1.94 bits per heavy atom. The molecule has 3 heterocycles. The van der Waals surface area contributed by atoms with Crippen LogP contribution in [0.25, 0.3) is 22.4 Å². The van der Waals surface area contributed by atoms with Crippen molar-refractivity contribution in [2.45, 2.75) is 26.8 Å². The smallest absolute Gasteiger partial charge is 0.356 e. The molecule has 0 aliphatic rings. The average Bonchev–Trinajstić information content (AvgIpc) is 2.75. The number of aryl methyl sites for hydroxylation is 2. The van der Waals surface area contributed by atoms with Crippen molar-refractivity contribution in [2.24, 2.45) is 0 Å². The second-order valence-corrected chi connectivity index (χ2v) is 7.44. The van der Waals surface area contributed by atoms with Gasteiger partial charge in [0.25, 0.3) is 0 Å². The summed E-state index contributed by atoms with van der Waals surface area (Å²) in [5.74, 6) is -0.741. The Morgan fingerprint density at radius 1 is 1.13 bits per heavy atom. The van der Waals surface area contributed by atoms with Crippen molar-refractivity contribution in [2.75, 3.05) is 5.32 Å². The summed E-state index contributed by atoms with van der Waals surface area (Å²) in [6.45, 7) is 5.52. The quantitative estimate of drug-likeness (QED) is 0.485. The maximum Gasteiger partial charge on any atom is 0.356 e. The van der Waals surface area contributed by atoms with E-state index in [2.05, 4.69) is 15.3 Å². The normalized spacial score (nSPS) is 12.0. The molecule has 7 heteroatoms. The number of pyridine rings is 2. The van der Waals surface area contributed by atoms with Crippen molar-refractivity contribution in [3.8, 4) is 11.5 Å². The molecule has 0 bridgehead atoms. The van der Waals surface area contributed by atoms with E-state index in [4.69, 9.17) is 4.42 Å². The molecule has 0 fully saturated rings. The molecule has 1 aromatic carbocycles. The number of carboxylic acid groups (broad SMARTS) is 1. The highest BCUT2D eigenvalue weighted by molar-refractivity contribution is 5.92. The highest BCUT2D eigenvalue weighted by Gasteiger charge is 2.19. The van der Waals surface area contributed by atoms with E-state index in [1.54, 1.807) is 43.5 Å². The molecule has 0 aliphatic heterocycles. The van der Waals surface area contributed by atoms with Crippen molar-refractivity contribution in [1.82, 2.24) is 9.97 Å². The third-order valence-corrected chi connectivity index (χ3v) is 4.99. The van der Waals surface area contributed by atoms with Crippen LogP contribution in [0, 0.1) is 13.8 Å². The van der Waals surface area contributed by atoms with Gasteiger partial charge in [-0.05, 0) is 56.7 Å². The predicted molar refractivity (Wildman–Crippen MR) is 118 cm³/mol. The number of benzene rings is 1. The number of hydrogen-bond donors (Lipinski definition) is 2. The van der Waals surface area contributed by atoms with Gasteiger partial charge in [0.2, 0.25) is 0 Å². The summed E-state index contributed by atoms with van der Waals surface area (Å²) in [4.78, 5) is 32.9. The lowest BCUT2D eigenvalue weighted by atomic mass is 10.0. The fourth-order valence-electron chi connectivity index (χ4n) is 3.54. The number of nitrogens with one attached hydrogen (secondary N) is 1. The summed E-state index contributed by atoms with van der Waals surface area (Å²) >= 11 is 0. The highest BCUT2D eigenvalue weighted by Crippen LogP contribution is 2.30. The molecule has 0 saturated carbocycles. The first-order valence-corrected chi connectivity index (χ1v) is 9.81. The van der Waals surface area contributed by atoms with E-state index in [0.717, 1.165) is 11.1 Å². The van der Waals surface area contributed by atoms with E-state index in [9.17, 15) is 14.7 Å². The Kier molecular flexibility index (Phi) is 5.25. The first-order chi connectivity index (χ1) is 14.8. The van der Waals surface area contributed by atoms with Crippen molar-refractivity contribution in [3.63, 3.8) is 0 Å². The number of carbonyl (C=O) groups is 1. The third kappa shape index (κ3) is 4.02.